The number of rotatable bonds is 7. The van der Waals surface area contributed by atoms with Gasteiger partial charge in [0.1, 0.15) is 5.75 Å². The van der Waals surface area contributed by atoms with Gasteiger partial charge in [-0.15, -0.1) is 0 Å². The van der Waals surface area contributed by atoms with Crippen LogP contribution >= 0.6 is 0 Å². The summed E-state index contributed by atoms with van der Waals surface area (Å²) in [4.78, 5) is 38.5. The summed E-state index contributed by atoms with van der Waals surface area (Å²) >= 11 is 0. The summed E-state index contributed by atoms with van der Waals surface area (Å²) in [5, 5.41) is 5.19. The van der Waals surface area contributed by atoms with Crippen molar-refractivity contribution in [3.63, 3.8) is 0 Å². The van der Waals surface area contributed by atoms with Gasteiger partial charge in [-0.2, -0.15) is 0 Å². The van der Waals surface area contributed by atoms with Crippen LogP contribution in [0.3, 0.4) is 0 Å². The van der Waals surface area contributed by atoms with Crippen LogP contribution in [0.1, 0.15) is 30.1 Å². The summed E-state index contributed by atoms with van der Waals surface area (Å²) in [6.45, 7) is 2.68. The molecule has 0 spiro atoms. The highest BCUT2D eigenvalue weighted by atomic mass is 16.5. The molecule has 0 aromatic heterocycles. The third kappa shape index (κ3) is 5.40. The summed E-state index contributed by atoms with van der Waals surface area (Å²) < 4.78 is 10.7. The Morgan fingerprint density at radius 3 is 2.61 bits per heavy atom. The standard InChI is InChI=1S/C23H27N3O5/c1-15-9-10-17(13-19(15)26-11-5-8-21(26)27)25-23(29)22(28)24-14-20(31-3)16-6-4-7-18(12-16)30-2/h4,6-7,9-10,12-13,20H,5,8,11,14H2,1-3H3,(H,24,28)(H,25,29). The summed E-state index contributed by atoms with van der Waals surface area (Å²) in [6, 6.07) is 12.6. The lowest BCUT2D eigenvalue weighted by Gasteiger charge is -2.19. The molecule has 2 N–H and O–H groups in total. The van der Waals surface area contributed by atoms with Crippen LogP contribution in [0.15, 0.2) is 42.5 Å². The zero-order valence-corrected chi connectivity index (χ0v) is 17.9. The van der Waals surface area contributed by atoms with Crippen molar-refractivity contribution in [3.05, 3.63) is 53.6 Å². The van der Waals surface area contributed by atoms with Crippen LogP contribution in [-0.2, 0) is 19.1 Å². The molecule has 1 saturated heterocycles. The van der Waals surface area contributed by atoms with Gasteiger partial charge in [-0.05, 0) is 48.7 Å². The number of nitrogens with zero attached hydrogens (tertiary/aromatic N) is 1. The molecule has 3 rings (SSSR count). The predicted molar refractivity (Wildman–Crippen MR) is 117 cm³/mol. The molecule has 1 fully saturated rings. The van der Waals surface area contributed by atoms with Crippen molar-refractivity contribution in [2.45, 2.75) is 25.9 Å². The van der Waals surface area contributed by atoms with E-state index in [1.165, 1.54) is 7.11 Å². The van der Waals surface area contributed by atoms with E-state index in [1.807, 2.05) is 37.3 Å². The van der Waals surface area contributed by atoms with Crippen molar-refractivity contribution in [2.24, 2.45) is 0 Å². The van der Waals surface area contributed by atoms with Crippen LogP contribution in [0.25, 0.3) is 0 Å². The molecule has 1 heterocycles. The second kappa shape index (κ2) is 10.1. The Labute approximate surface area is 181 Å². The molecule has 8 heteroatoms. The van der Waals surface area contributed by atoms with Crippen molar-refractivity contribution < 1.29 is 23.9 Å². The minimum absolute atomic E-state index is 0.0625. The fourth-order valence-corrected chi connectivity index (χ4v) is 3.51. The van der Waals surface area contributed by atoms with Gasteiger partial charge in [-0.1, -0.05) is 18.2 Å². The van der Waals surface area contributed by atoms with Gasteiger partial charge in [0.2, 0.25) is 5.91 Å². The first-order valence-corrected chi connectivity index (χ1v) is 10.1. The highest BCUT2D eigenvalue weighted by Gasteiger charge is 2.24. The van der Waals surface area contributed by atoms with Crippen LogP contribution in [0.5, 0.6) is 5.75 Å². The molecule has 164 valence electrons. The topological polar surface area (TPSA) is 97.0 Å². The van der Waals surface area contributed by atoms with E-state index >= 15 is 0 Å². The number of benzene rings is 2. The molecule has 31 heavy (non-hydrogen) atoms. The average Bonchev–Trinajstić information content (AvgIpc) is 3.21. The van der Waals surface area contributed by atoms with Crippen molar-refractivity contribution >= 4 is 29.1 Å². The average molecular weight is 425 g/mol. The fraction of sp³-hybridized carbons (Fsp3) is 0.348. The van der Waals surface area contributed by atoms with Gasteiger partial charge in [0, 0.05) is 38.0 Å². The quantitative estimate of drug-likeness (QED) is 0.665. The minimum atomic E-state index is -0.789. The Kier molecular flexibility index (Phi) is 7.25. The summed E-state index contributed by atoms with van der Waals surface area (Å²) in [5.74, 6) is -0.824. The number of carbonyl (C=O) groups excluding carboxylic acids is 3. The van der Waals surface area contributed by atoms with Crippen LogP contribution in [-0.4, -0.2) is 45.0 Å². The molecular formula is C23H27N3O5. The third-order valence-corrected chi connectivity index (χ3v) is 5.24. The monoisotopic (exact) mass is 425 g/mol. The summed E-state index contributed by atoms with van der Waals surface area (Å²) in [7, 11) is 3.10. The highest BCUT2D eigenvalue weighted by molar-refractivity contribution is 6.39. The SMILES string of the molecule is COc1cccc(C(CNC(=O)C(=O)Nc2ccc(C)c(N3CCCC3=O)c2)OC)c1. The van der Waals surface area contributed by atoms with Gasteiger partial charge in [-0.25, -0.2) is 0 Å². The molecule has 2 aromatic carbocycles. The van der Waals surface area contributed by atoms with Crippen LogP contribution in [0, 0.1) is 6.92 Å². The fourth-order valence-electron chi connectivity index (χ4n) is 3.51. The van der Waals surface area contributed by atoms with E-state index < -0.39 is 17.9 Å². The Balaban J connectivity index is 1.61. The van der Waals surface area contributed by atoms with Crippen molar-refractivity contribution in [1.82, 2.24) is 5.32 Å². The van der Waals surface area contributed by atoms with Gasteiger partial charge in [0.25, 0.3) is 0 Å². The first kappa shape index (κ1) is 22.3. The molecule has 0 radical (unpaired) electrons. The maximum atomic E-state index is 12.4. The number of methoxy groups -OCH3 is 2. The number of ether oxygens (including phenoxy) is 2. The van der Waals surface area contributed by atoms with Gasteiger partial charge in [0.15, 0.2) is 0 Å². The van der Waals surface area contributed by atoms with Gasteiger partial charge >= 0.3 is 11.8 Å². The molecule has 8 nitrogen and oxygen atoms in total. The third-order valence-electron chi connectivity index (χ3n) is 5.24. The minimum Gasteiger partial charge on any atom is -0.497 e. The first-order chi connectivity index (χ1) is 14.9. The van der Waals surface area contributed by atoms with E-state index in [0.717, 1.165) is 23.2 Å². The molecule has 2 aromatic rings. The van der Waals surface area contributed by atoms with Gasteiger partial charge < -0.3 is 25.0 Å². The van der Waals surface area contributed by atoms with E-state index in [4.69, 9.17) is 9.47 Å². The van der Waals surface area contributed by atoms with Crippen LogP contribution < -0.4 is 20.3 Å². The molecule has 0 bridgehead atoms. The Morgan fingerprint density at radius 1 is 1.13 bits per heavy atom. The van der Waals surface area contributed by atoms with Crippen molar-refractivity contribution in [1.29, 1.82) is 0 Å². The number of nitrogens with one attached hydrogen (secondary N) is 2. The van der Waals surface area contributed by atoms with Gasteiger partial charge in [0.05, 0.1) is 13.2 Å². The van der Waals surface area contributed by atoms with E-state index in [1.54, 1.807) is 24.1 Å². The van der Waals surface area contributed by atoms with E-state index in [2.05, 4.69) is 10.6 Å². The summed E-state index contributed by atoms with van der Waals surface area (Å²) in [5.41, 5.74) is 2.95. The lowest BCUT2D eigenvalue weighted by atomic mass is 10.1. The Hall–Kier alpha value is -3.39. The molecule has 1 aliphatic rings. The molecular weight excluding hydrogens is 398 g/mol. The van der Waals surface area contributed by atoms with Gasteiger partial charge in [-0.3, -0.25) is 14.4 Å². The smallest absolute Gasteiger partial charge is 0.313 e. The Morgan fingerprint density at radius 2 is 1.94 bits per heavy atom. The molecule has 1 aliphatic heterocycles. The number of anilines is 2. The molecule has 1 atom stereocenters. The van der Waals surface area contributed by atoms with Crippen LogP contribution in [0.2, 0.25) is 0 Å². The number of hydrogen-bond donors (Lipinski definition) is 2. The number of carbonyl (C=O) groups is 3. The molecule has 0 saturated carbocycles. The summed E-state index contributed by atoms with van der Waals surface area (Å²) in [6.07, 6.45) is 0.899. The highest BCUT2D eigenvalue weighted by Crippen LogP contribution is 2.28. The predicted octanol–water partition coefficient (Wildman–Crippen LogP) is 2.57. The molecule has 1 unspecified atom stereocenters. The Bertz CT molecular complexity index is 975. The zero-order chi connectivity index (χ0) is 22.4. The zero-order valence-electron chi connectivity index (χ0n) is 17.9. The van der Waals surface area contributed by atoms with Crippen LogP contribution in [0.4, 0.5) is 11.4 Å². The lowest BCUT2D eigenvalue weighted by molar-refractivity contribution is -0.136. The van der Waals surface area contributed by atoms with Crippen molar-refractivity contribution in [3.8, 4) is 5.75 Å². The number of aryl methyl sites for hydroxylation is 1. The van der Waals surface area contributed by atoms with E-state index in [-0.39, 0.29) is 12.5 Å². The van der Waals surface area contributed by atoms with E-state index in [9.17, 15) is 14.4 Å². The number of amides is 3. The second-order valence-electron chi connectivity index (χ2n) is 7.32. The maximum Gasteiger partial charge on any atom is 0.313 e. The van der Waals surface area contributed by atoms with Crippen molar-refractivity contribution in [2.75, 3.05) is 37.5 Å². The number of hydrogen-bond acceptors (Lipinski definition) is 5. The molecule has 3 amide bonds. The van der Waals surface area contributed by atoms with E-state index in [0.29, 0.717) is 24.4 Å². The molecule has 0 aliphatic carbocycles. The normalized spacial score (nSPS) is 14.3. The second-order valence-corrected chi connectivity index (χ2v) is 7.32. The lowest BCUT2D eigenvalue weighted by Crippen LogP contribution is -2.38. The largest absolute Gasteiger partial charge is 0.497 e. The maximum absolute atomic E-state index is 12.4. The first-order valence-electron chi connectivity index (χ1n) is 10.1.